The van der Waals surface area contributed by atoms with Gasteiger partial charge in [0, 0.05) is 31.2 Å². The van der Waals surface area contributed by atoms with Crippen LogP contribution in [0.1, 0.15) is 12.0 Å². The van der Waals surface area contributed by atoms with Gasteiger partial charge in [0.1, 0.15) is 5.82 Å². The van der Waals surface area contributed by atoms with Crippen molar-refractivity contribution in [3.63, 3.8) is 0 Å². The van der Waals surface area contributed by atoms with Crippen molar-refractivity contribution in [2.45, 2.75) is 19.0 Å². The molecule has 0 amide bonds. The molecule has 0 radical (unpaired) electrons. The standard InChI is InChI=1S/C11H13F3N2/c12-9-1-2-10(13)11(14)8(9)6-16-4-3-7(15)5-16/h1-2,7H,3-6,15H2/t7-/m1/s1. The molecule has 0 unspecified atom stereocenters. The Kier molecular flexibility index (Phi) is 3.16. The number of rotatable bonds is 2. The van der Waals surface area contributed by atoms with Gasteiger partial charge >= 0.3 is 0 Å². The lowest BCUT2D eigenvalue weighted by Crippen LogP contribution is -2.27. The number of likely N-dealkylation sites (tertiary alicyclic amines) is 1. The molecule has 2 nitrogen and oxygen atoms in total. The Morgan fingerprint density at radius 1 is 1.25 bits per heavy atom. The zero-order valence-corrected chi connectivity index (χ0v) is 8.72. The van der Waals surface area contributed by atoms with Gasteiger partial charge in [0.15, 0.2) is 11.6 Å². The van der Waals surface area contributed by atoms with Crippen LogP contribution in [0.4, 0.5) is 13.2 Å². The van der Waals surface area contributed by atoms with E-state index in [1.54, 1.807) is 0 Å². The SMILES string of the molecule is N[C@@H]1CCN(Cc2c(F)ccc(F)c2F)C1. The summed E-state index contributed by atoms with van der Waals surface area (Å²) in [7, 11) is 0. The Balaban J connectivity index is 2.18. The van der Waals surface area contributed by atoms with Crippen molar-refractivity contribution >= 4 is 0 Å². The Morgan fingerprint density at radius 2 is 1.94 bits per heavy atom. The Hall–Kier alpha value is -1.07. The lowest BCUT2D eigenvalue weighted by Gasteiger charge is -2.16. The summed E-state index contributed by atoms with van der Waals surface area (Å²) in [6.07, 6.45) is 0.804. The van der Waals surface area contributed by atoms with Gasteiger partial charge in [0.2, 0.25) is 0 Å². The minimum Gasteiger partial charge on any atom is -0.326 e. The molecule has 0 saturated carbocycles. The second-order valence-electron chi connectivity index (χ2n) is 4.11. The molecule has 1 aromatic rings. The molecule has 5 heteroatoms. The molecule has 0 aromatic heterocycles. The molecule has 1 saturated heterocycles. The molecule has 1 aliphatic rings. The van der Waals surface area contributed by atoms with Gasteiger partial charge in [0.25, 0.3) is 0 Å². The summed E-state index contributed by atoms with van der Waals surface area (Å²) in [5, 5.41) is 0. The van der Waals surface area contributed by atoms with Crippen molar-refractivity contribution < 1.29 is 13.2 Å². The lowest BCUT2D eigenvalue weighted by molar-refractivity contribution is 0.311. The fourth-order valence-electron chi connectivity index (χ4n) is 1.94. The third-order valence-electron chi connectivity index (χ3n) is 2.83. The predicted octanol–water partition coefficient (Wildman–Crippen LogP) is 1.64. The van der Waals surface area contributed by atoms with E-state index in [-0.39, 0.29) is 18.2 Å². The number of halogens is 3. The summed E-state index contributed by atoms with van der Waals surface area (Å²) < 4.78 is 39.6. The van der Waals surface area contributed by atoms with E-state index in [0.29, 0.717) is 13.1 Å². The minimum absolute atomic E-state index is 0.0414. The molecule has 0 bridgehead atoms. The summed E-state index contributed by atoms with van der Waals surface area (Å²) in [5.74, 6) is -2.82. The fraction of sp³-hybridized carbons (Fsp3) is 0.455. The summed E-state index contributed by atoms with van der Waals surface area (Å²) >= 11 is 0. The van der Waals surface area contributed by atoms with Crippen LogP contribution in [0.25, 0.3) is 0 Å². The largest absolute Gasteiger partial charge is 0.326 e. The van der Waals surface area contributed by atoms with Crippen LogP contribution in [0.5, 0.6) is 0 Å². The average molecular weight is 230 g/mol. The highest BCUT2D eigenvalue weighted by Gasteiger charge is 2.22. The van der Waals surface area contributed by atoms with Crippen LogP contribution in [0.3, 0.4) is 0 Å². The van der Waals surface area contributed by atoms with Gasteiger partial charge in [-0.05, 0) is 18.6 Å². The van der Waals surface area contributed by atoms with E-state index in [9.17, 15) is 13.2 Å². The van der Waals surface area contributed by atoms with E-state index in [1.165, 1.54) is 0 Å². The van der Waals surface area contributed by atoms with E-state index in [0.717, 1.165) is 18.6 Å². The zero-order chi connectivity index (χ0) is 11.7. The van der Waals surface area contributed by atoms with Crippen molar-refractivity contribution in [1.29, 1.82) is 0 Å². The highest BCUT2D eigenvalue weighted by molar-refractivity contribution is 5.21. The molecule has 0 spiro atoms. The van der Waals surface area contributed by atoms with Crippen molar-refractivity contribution in [3.05, 3.63) is 35.1 Å². The molecule has 88 valence electrons. The number of nitrogens with zero attached hydrogens (tertiary/aromatic N) is 1. The van der Waals surface area contributed by atoms with E-state index >= 15 is 0 Å². The number of hydrogen-bond donors (Lipinski definition) is 1. The van der Waals surface area contributed by atoms with Gasteiger partial charge in [-0.1, -0.05) is 0 Å². The molecule has 2 rings (SSSR count). The molecule has 2 N–H and O–H groups in total. The second kappa shape index (κ2) is 4.43. The first-order chi connectivity index (χ1) is 7.58. The summed E-state index contributed by atoms with van der Waals surface area (Å²) in [6.45, 7) is 1.36. The maximum atomic E-state index is 13.3. The van der Waals surface area contributed by atoms with Crippen molar-refractivity contribution in [1.82, 2.24) is 4.90 Å². The van der Waals surface area contributed by atoms with Gasteiger partial charge in [0.05, 0.1) is 0 Å². The number of hydrogen-bond acceptors (Lipinski definition) is 2. The molecule has 1 atom stereocenters. The summed E-state index contributed by atoms with van der Waals surface area (Å²) in [4.78, 5) is 1.82. The van der Waals surface area contributed by atoms with Gasteiger partial charge in [-0.15, -0.1) is 0 Å². The third-order valence-corrected chi connectivity index (χ3v) is 2.83. The monoisotopic (exact) mass is 230 g/mol. The van der Waals surface area contributed by atoms with Crippen LogP contribution in [-0.4, -0.2) is 24.0 Å². The van der Waals surface area contributed by atoms with Crippen molar-refractivity contribution in [2.75, 3.05) is 13.1 Å². The molecule has 1 aliphatic heterocycles. The third kappa shape index (κ3) is 2.20. The maximum Gasteiger partial charge on any atom is 0.166 e. The first kappa shape index (κ1) is 11.4. The molecule has 1 heterocycles. The molecule has 0 aliphatic carbocycles. The smallest absolute Gasteiger partial charge is 0.166 e. The molecule has 16 heavy (non-hydrogen) atoms. The minimum atomic E-state index is -1.10. The van der Waals surface area contributed by atoms with E-state index in [1.807, 2.05) is 4.90 Å². The van der Waals surface area contributed by atoms with Gasteiger partial charge in [-0.25, -0.2) is 13.2 Å². The normalized spacial score (nSPS) is 21.6. The van der Waals surface area contributed by atoms with Crippen LogP contribution < -0.4 is 5.73 Å². The van der Waals surface area contributed by atoms with E-state index < -0.39 is 17.5 Å². The fourth-order valence-corrected chi connectivity index (χ4v) is 1.94. The molecular formula is C11H13F3N2. The van der Waals surface area contributed by atoms with Crippen LogP contribution in [0.15, 0.2) is 12.1 Å². The quantitative estimate of drug-likeness (QED) is 0.782. The predicted molar refractivity (Wildman–Crippen MR) is 54.2 cm³/mol. The lowest BCUT2D eigenvalue weighted by atomic mass is 10.2. The first-order valence-electron chi connectivity index (χ1n) is 5.18. The molecule has 1 aromatic carbocycles. The van der Waals surface area contributed by atoms with E-state index in [4.69, 9.17) is 5.73 Å². The van der Waals surface area contributed by atoms with Crippen molar-refractivity contribution in [2.24, 2.45) is 5.73 Å². The van der Waals surface area contributed by atoms with Crippen LogP contribution in [0.2, 0.25) is 0 Å². The molecule has 1 fully saturated rings. The average Bonchev–Trinajstić information content (AvgIpc) is 2.65. The molecular weight excluding hydrogens is 217 g/mol. The maximum absolute atomic E-state index is 13.3. The Bertz CT molecular complexity index is 395. The highest BCUT2D eigenvalue weighted by atomic mass is 19.2. The Labute approximate surface area is 91.8 Å². The topological polar surface area (TPSA) is 29.3 Å². The highest BCUT2D eigenvalue weighted by Crippen LogP contribution is 2.19. The Morgan fingerprint density at radius 3 is 2.56 bits per heavy atom. The van der Waals surface area contributed by atoms with Crippen molar-refractivity contribution in [3.8, 4) is 0 Å². The van der Waals surface area contributed by atoms with Gasteiger partial charge in [-0.2, -0.15) is 0 Å². The van der Waals surface area contributed by atoms with E-state index in [2.05, 4.69) is 0 Å². The van der Waals surface area contributed by atoms with Crippen LogP contribution in [-0.2, 0) is 6.54 Å². The second-order valence-corrected chi connectivity index (χ2v) is 4.11. The summed E-state index contributed by atoms with van der Waals surface area (Å²) in [6, 6.07) is 1.79. The zero-order valence-electron chi connectivity index (χ0n) is 8.72. The number of benzene rings is 1. The van der Waals surface area contributed by atoms with Crippen LogP contribution in [0, 0.1) is 17.5 Å². The number of nitrogens with two attached hydrogens (primary N) is 1. The first-order valence-corrected chi connectivity index (χ1v) is 5.18. The van der Waals surface area contributed by atoms with Gasteiger partial charge in [-0.3, -0.25) is 4.90 Å². The van der Waals surface area contributed by atoms with Gasteiger partial charge < -0.3 is 5.73 Å². The summed E-state index contributed by atoms with van der Waals surface area (Å²) in [5.41, 5.74) is 5.47. The van der Waals surface area contributed by atoms with Crippen LogP contribution >= 0.6 is 0 Å².